The quantitative estimate of drug-likeness (QED) is 0.823. The third kappa shape index (κ3) is 3.13. The van der Waals surface area contributed by atoms with E-state index in [4.69, 9.17) is 17.3 Å². The van der Waals surface area contributed by atoms with E-state index in [1.165, 1.54) is 0 Å². The van der Waals surface area contributed by atoms with E-state index in [1.807, 2.05) is 11.0 Å². The van der Waals surface area contributed by atoms with Crippen LogP contribution in [0, 0.1) is 0 Å². The SMILES string of the molecule is Nc1ccc(Cl)cc1CN1CCCCCC1=O. The standard InChI is InChI=1S/C13H17ClN2O/c14-11-5-6-12(15)10(8-11)9-16-7-3-1-2-4-13(16)17/h5-6,8H,1-4,7,9,15H2. The molecular formula is C13H17ClN2O. The van der Waals surface area contributed by atoms with Crippen molar-refractivity contribution in [3.63, 3.8) is 0 Å². The van der Waals surface area contributed by atoms with Gasteiger partial charge in [-0.05, 0) is 36.6 Å². The summed E-state index contributed by atoms with van der Waals surface area (Å²) in [6.45, 7) is 1.40. The lowest BCUT2D eigenvalue weighted by atomic mass is 10.1. The Labute approximate surface area is 107 Å². The van der Waals surface area contributed by atoms with Gasteiger partial charge in [-0.15, -0.1) is 0 Å². The van der Waals surface area contributed by atoms with Gasteiger partial charge in [-0.25, -0.2) is 0 Å². The number of rotatable bonds is 2. The van der Waals surface area contributed by atoms with Crippen LogP contribution in [0.2, 0.25) is 5.02 Å². The monoisotopic (exact) mass is 252 g/mol. The number of carbonyl (C=O) groups excluding carboxylic acids is 1. The second kappa shape index (κ2) is 5.41. The first-order chi connectivity index (χ1) is 8.16. The molecular weight excluding hydrogens is 236 g/mol. The molecule has 0 unspecified atom stereocenters. The molecule has 17 heavy (non-hydrogen) atoms. The van der Waals surface area contributed by atoms with Crippen molar-refractivity contribution >= 4 is 23.2 Å². The number of halogens is 1. The number of nitrogens with two attached hydrogens (primary N) is 1. The number of nitrogen functional groups attached to an aromatic ring is 1. The molecule has 0 bridgehead atoms. The van der Waals surface area contributed by atoms with Gasteiger partial charge in [-0.1, -0.05) is 18.0 Å². The number of nitrogens with zero attached hydrogens (tertiary/aromatic N) is 1. The normalized spacial score (nSPS) is 17.0. The van der Waals surface area contributed by atoms with Crippen molar-refractivity contribution < 1.29 is 4.79 Å². The molecule has 1 aromatic carbocycles. The van der Waals surface area contributed by atoms with E-state index in [0.29, 0.717) is 23.7 Å². The van der Waals surface area contributed by atoms with Crippen LogP contribution in [-0.4, -0.2) is 17.4 Å². The minimum absolute atomic E-state index is 0.224. The van der Waals surface area contributed by atoms with E-state index in [-0.39, 0.29) is 5.91 Å². The maximum Gasteiger partial charge on any atom is 0.222 e. The molecule has 92 valence electrons. The Balaban J connectivity index is 2.13. The topological polar surface area (TPSA) is 46.3 Å². The molecule has 1 aliphatic heterocycles. The fourth-order valence-corrected chi connectivity index (χ4v) is 2.32. The summed E-state index contributed by atoms with van der Waals surface area (Å²) >= 11 is 5.94. The summed E-state index contributed by atoms with van der Waals surface area (Å²) < 4.78 is 0. The molecule has 1 aliphatic rings. The van der Waals surface area contributed by atoms with Crippen LogP contribution in [0.5, 0.6) is 0 Å². The highest BCUT2D eigenvalue weighted by atomic mass is 35.5. The van der Waals surface area contributed by atoms with Gasteiger partial charge in [0, 0.05) is 30.2 Å². The molecule has 0 aliphatic carbocycles. The van der Waals surface area contributed by atoms with Gasteiger partial charge in [-0.2, -0.15) is 0 Å². The molecule has 2 N–H and O–H groups in total. The summed E-state index contributed by atoms with van der Waals surface area (Å²) in [6, 6.07) is 5.40. The first kappa shape index (κ1) is 12.2. The van der Waals surface area contributed by atoms with Gasteiger partial charge >= 0.3 is 0 Å². The average molecular weight is 253 g/mol. The van der Waals surface area contributed by atoms with Gasteiger partial charge in [0.2, 0.25) is 5.91 Å². The van der Waals surface area contributed by atoms with Crippen LogP contribution in [0.15, 0.2) is 18.2 Å². The number of carbonyl (C=O) groups is 1. The summed E-state index contributed by atoms with van der Waals surface area (Å²) in [5.74, 6) is 0.224. The van der Waals surface area contributed by atoms with Crippen molar-refractivity contribution in [3.8, 4) is 0 Å². The van der Waals surface area contributed by atoms with E-state index in [0.717, 1.165) is 31.4 Å². The van der Waals surface area contributed by atoms with Crippen LogP contribution in [0.4, 0.5) is 5.69 Å². The van der Waals surface area contributed by atoms with Crippen LogP contribution in [0.1, 0.15) is 31.2 Å². The maximum absolute atomic E-state index is 11.9. The Morgan fingerprint density at radius 2 is 2.12 bits per heavy atom. The van der Waals surface area contributed by atoms with Gasteiger partial charge in [0.05, 0.1) is 0 Å². The number of benzene rings is 1. The third-order valence-corrected chi connectivity index (χ3v) is 3.37. The molecule has 3 nitrogen and oxygen atoms in total. The number of likely N-dealkylation sites (tertiary alicyclic amines) is 1. The fourth-order valence-electron chi connectivity index (χ4n) is 2.12. The Morgan fingerprint density at radius 3 is 2.94 bits per heavy atom. The van der Waals surface area contributed by atoms with Gasteiger partial charge in [0.25, 0.3) is 0 Å². The molecule has 1 saturated heterocycles. The van der Waals surface area contributed by atoms with Crippen molar-refractivity contribution in [2.24, 2.45) is 0 Å². The Hall–Kier alpha value is -1.22. The molecule has 1 amide bonds. The largest absolute Gasteiger partial charge is 0.398 e. The lowest BCUT2D eigenvalue weighted by molar-refractivity contribution is -0.131. The van der Waals surface area contributed by atoms with E-state index in [1.54, 1.807) is 12.1 Å². The zero-order chi connectivity index (χ0) is 12.3. The first-order valence-corrected chi connectivity index (χ1v) is 6.36. The minimum Gasteiger partial charge on any atom is -0.398 e. The predicted molar refractivity (Wildman–Crippen MR) is 69.7 cm³/mol. The minimum atomic E-state index is 0.224. The molecule has 0 atom stereocenters. The molecule has 0 aromatic heterocycles. The van der Waals surface area contributed by atoms with Gasteiger partial charge < -0.3 is 10.6 Å². The molecule has 2 rings (SSSR count). The molecule has 4 heteroatoms. The first-order valence-electron chi connectivity index (χ1n) is 5.98. The van der Waals surface area contributed by atoms with Gasteiger partial charge in [0.15, 0.2) is 0 Å². The van der Waals surface area contributed by atoms with Crippen LogP contribution in [0.3, 0.4) is 0 Å². The molecule has 0 saturated carbocycles. The van der Waals surface area contributed by atoms with Crippen molar-refractivity contribution in [3.05, 3.63) is 28.8 Å². The second-order valence-corrected chi connectivity index (χ2v) is 4.91. The molecule has 0 radical (unpaired) electrons. The molecule has 1 aromatic rings. The van der Waals surface area contributed by atoms with Crippen LogP contribution < -0.4 is 5.73 Å². The number of hydrogen-bond acceptors (Lipinski definition) is 2. The number of anilines is 1. The second-order valence-electron chi connectivity index (χ2n) is 4.47. The molecule has 1 heterocycles. The van der Waals surface area contributed by atoms with Crippen LogP contribution in [0.25, 0.3) is 0 Å². The Morgan fingerprint density at radius 1 is 1.29 bits per heavy atom. The maximum atomic E-state index is 11.9. The van der Waals surface area contributed by atoms with Gasteiger partial charge in [-0.3, -0.25) is 4.79 Å². The van der Waals surface area contributed by atoms with E-state index >= 15 is 0 Å². The van der Waals surface area contributed by atoms with E-state index < -0.39 is 0 Å². The highest BCUT2D eigenvalue weighted by Gasteiger charge is 2.17. The average Bonchev–Trinajstić information content (AvgIpc) is 2.50. The summed E-state index contributed by atoms with van der Waals surface area (Å²) in [5.41, 5.74) is 7.53. The zero-order valence-corrected chi connectivity index (χ0v) is 10.5. The lowest BCUT2D eigenvalue weighted by Crippen LogP contribution is -2.30. The fraction of sp³-hybridized carbons (Fsp3) is 0.462. The Bertz CT molecular complexity index is 420. The lowest BCUT2D eigenvalue weighted by Gasteiger charge is -2.21. The smallest absolute Gasteiger partial charge is 0.222 e. The third-order valence-electron chi connectivity index (χ3n) is 3.14. The van der Waals surface area contributed by atoms with Crippen molar-refractivity contribution in [2.75, 3.05) is 12.3 Å². The van der Waals surface area contributed by atoms with Gasteiger partial charge in [0.1, 0.15) is 0 Å². The van der Waals surface area contributed by atoms with E-state index in [9.17, 15) is 4.79 Å². The van der Waals surface area contributed by atoms with Crippen molar-refractivity contribution in [1.29, 1.82) is 0 Å². The van der Waals surface area contributed by atoms with E-state index in [2.05, 4.69) is 0 Å². The van der Waals surface area contributed by atoms with Crippen LogP contribution >= 0.6 is 11.6 Å². The highest BCUT2D eigenvalue weighted by Crippen LogP contribution is 2.21. The predicted octanol–water partition coefficient (Wildman–Crippen LogP) is 2.82. The van der Waals surface area contributed by atoms with Crippen molar-refractivity contribution in [2.45, 2.75) is 32.2 Å². The molecule has 1 fully saturated rings. The van der Waals surface area contributed by atoms with Crippen LogP contribution in [-0.2, 0) is 11.3 Å². The Kier molecular flexibility index (Phi) is 3.89. The highest BCUT2D eigenvalue weighted by molar-refractivity contribution is 6.30. The zero-order valence-electron chi connectivity index (χ0n) is 9.79. The molecule has 0 spiro atoms. The number of amides is 1. The summed E-state index contributed by atoms with van der Waals surface area (Å²) in [5, 5.41) is 0.663. The van der Waals surface area contributed by atoms with Crippen molar-refractivity contribution in [1.82, 2.24) is 4.90 Å². The summed E-state index contributed by atoms with van der Waals surface area (Å²) in [4.78, 5) is 13.8. The number of hydrogen-bond donors (Lipinski definition) is 1. The summed E-state index contributed by atoms with van der Waals surface area (Å²) in [7, 11) is 0. The summed E-state index contributed by atoms with van der Waals surface area (Å²) in [6.07, 6.45) is 3.86.